The lowest BCUT2D eigenvalue weighted by Gasteiger charge is -2.07. The molecule has 0 bridgehead atoms. The van der Waals surface area contributed by atoms with Gasteiger partial charge in [0, 0.05) is 12.7 Å². The Kier molecular flexibility index (Phi) is 4.45. The standard InChI is InChI=1S/C13H11F3N4O3S/c14-13(15,16)7-3-4-10(8(6-7)20(21)22)24-12-17-11(18-19-12)9-2-1-5-23-9/h3-4,6,9H,1-2,5H2,(H,17,18,19)/t9-/m0/s1. The van der Waals surface area contributed by atoms with Gasteiger partial charge < -0.3 is 4.74 Å². The molecule has 3 rings (SSSR count). The molecule has 0 unspecified atom stereocenters. The summed E-state index contributed by atoms with van der Waals surface area (Å²) < 4.78 is 43.5. The Labute approximate surface area is 137 Å². The zero-order valence-corrected chi connectivity index (χ0v) is 12.9. The van der Waals surface area contributed by atoms with Crippen molar-refractivity contribution < 1.29 is 22.8 Å². The highest BCUT2D eigenvalue weighted by atomic mass is 32.2. The summed E-state index contributed by atoms with van der Waals surface area (Å²) in [6.07, 6.45) is -3.15. The molecule has 1 saturated heterocycles. The number of alkyl halides is 3. The Bertz CT molecular complexity index is 759. The van der Waals surface area contributed by atoms with Crippen molar-refractivity contribution in [1.29, 1.82) is 0 Å². The third-order valence-corrected chi connectivity index (χ3v) is 4.33. The van der Waals surface area contributed by atoms with Gasteiger partial charge >= 0.3 is 6.18 Å². The van der Waals surface area contributed by atoms with Crippen LogP contribution in [0.25, 0.3) is 0 Å². The van der Waals surface area contributed by atoms with Gasteiger partial charge in [-0.05, 0) is 36.7 Å². The van der Waals surface area contributed by atoms with E-state index in [1.165, 1.54) is 0 Å². The van der Waals surface area contributed by atoms with E-state index in [4.69, 9.17) is 4.74 Å². The van der Waals surface area contributed by atoms with Crippen molar-refractivity contribution >= 4 is 17.4 Å². The van der Waals surface area contributed by atoms with Crippen molar-refractivity contribution in [3.63, 3.8) is 0 Å². The molecule has 1 N–H and O–H groups in total. The SMILES string of the molecule is O=[N+]([O-])c1cc(C(F)(F)F)ccc1Sc1n[nH]c([C@@H]2CCCO2)n1. The molecule has 7 nitrogen and oxygen atoms in total. The summed E-state index contributed by atoms with van der Waals surface area (Å²) in [5.74, 6) is 0.504. The summed E-state index contributed by atoms with van der Waals surface area (Å²) in [6, 6.07) is 2.35. The molecule has 11 heteroatoms. The summed E-state index contributed by atoms with van der Waals surface area (Å²) in [5, 5.41) is 17.9. The molecule has 0 spiro atoms. The van der Waals surface area contributed by atoms with E-state index in [0.29, 0.717) is 18.5 Å². The number of nitro benzene ring substituents is 1. The molecule has 128 valence electrons. The molecule has 0 radical (unpaired) electrons. The number of aromatic amines is 1. The molecule has 0 saturated carbocycles. The van der Waals surface area contributed by atoms with Crippen LogP contribution in [0.2, 0.25) is 0 Å². The van der Waals surface area contributed by atoms with Crippen LogP contribution >= 0.6 is 11.8 Å². The molecule has 2 aromatic rings. The third-order valence-electron chi connectivity index (χ3n) is 3.40. The number of hydrogen-bond acceptors (Lipinski definition) is 6. The second-order valence-electron chi connectivity index (χ2n) is 5.04. The molecule has 0 amide bonds. The van der Waals surface area contributed by atoms with Crippen molar-refractivity contribution in [3.8, 4) is 0 Å². The molecule has 2 heterocycles. The molecule has 1 aliphatic heterocycles. The Morgan fingerprint density at radius 1 is 1.42 bits per heavy atom. The molecular formula is C13H11F3N4O3S. The Balaban J connectivity index is 1.85. The monoisotopic (exact) mass is 360 g/mol. The van der Waals surface area contributed by atoms with E-state index in [1.807, 2.05) is 0 Å². The maximum atomic E-state index is 12.7. The minimum Gasteiger partial charge on any atom is -0.370 e. The summed E-state index contributed by atoms with van der Waals surface area (Å²) in [5.41, 5.74) is -1.72. The van der Waals surface area contributed by atoms with Crippen LogP contribution in [-0.4, -0.2) is 26.7 Å². The second-order valence-corrected chi connectivity index (χ2v) is 6.05. The number of rotatable bonds is 4. The van der Waals surface area contributed by atoms with Crippen LogP contribution < -0.4 is 0 Å². The van der Waals surface area contributed by atoms with E-state index in [2.05, 4.69) is 15.2 Å². The summed E-state index contributed by atoms with van der Waals surface area (Å²) in [4.78, 5) is 14.4. The molecule has 1 aromatic carbocycles. The highest BCUT2D eigenvalue weighted by Gasteiger charge is 2.33. The van der Waals surface area contributed by atoms with E-state index < -0.39 is 22.4 Å². The average Bonchev–Trinajstić information content (AvgIpc) is 3.16. The van der Waals surface area contributed by atoms with Crippen LogP contribution in [0.3, 0.4) is 0 Å². The normalized spacial score (nSPS) is 18.0. The minimum absolute atomic E-state index is 0.0332. The van der Waals surface area contributed by atoms with E-state index in [1.54, 1.807) is 0 Å². The maximum Gasteiger partial charge on any atom is 0.416 e. The van der Waals surface area contributed by atoms with Crippen LogP contribution in [0.5, 0.6) is 0 Å². The zero-order valence-electron chi connectivity index (χ0n) is 12.0. The molecule has 1 atom stereocenters. The average molecular weight is 360 g/mol. The van der Waals surface area contributed by atoms with Crippen molar-refractivity contribution in [2.24, 2.45) is 0 Å². The maximum absolute atomic E-state index is 12.7. The second kappa shape index (κ2) is 6.40. The fourth-order valence-electron chi connectivity index (χ4n) is 2.26. The first-order valence-electron chi connectivity index (χ1n) is 6.92. The van der Waals surface area contributed by atoms with Gasteiger partial charge in [0.25, 0.3) is 5.69 Å². The number of ether oxygens (including phenoxy) is 1. The third kappa shape index (κ3) is 3.51. The number of benzene rings is 1. The number of aromatic nitrogens is 3. The van der Waals surface area contributed by atoms with Crippen molar-refractivity contribution in [3.05, 3.63) is 39.7 Å². The van der Waals surface area contributed by atoms with Gasteiger partial charge in [-0.3, -0.25) is 15.2 Å². The number of H-pyrrole nitrogens is 1. The fourth-order valence-corrected chi connectivity index (χ4v) is 3.07. The molecule has 24 heavy (non-hydrogen) atoms. The zero-order chi connectivity index (χ0) is 17.3. The Morgan fingerprint density at radius 2 is 2.21 bits per heavy atom. The molecule has 1 aromatic heterocycles. The Hall–Kier alpha value is -2.14. The van der Waals surface area contributed by atoms with Crippen molar-refractivity contribution in [2.75, 3.05) is 6.61 Å². The van der Waals surface area contributed by atoms with Gasteiger partial charge in [0.15, 0.2) is 5.82 Å². The van der Waals surface area contributed by atoms with Gasteiger partial charge in [-0.25, -0.2) is 4.98 Å². The van der Waals surface area contributed by atoms with E-state index >= 15 is 0 Å². The predicted octanol–water partition coefficient (Wildman–Crippen LogP) is 3.73. The Morgan fingerprint density at radius 3 is 2.83 bits per heavy atom. The smallest absolute Gasteiger partial charge is 0.370 e. The lowest BCUT2D eigenvalue weighted by Crippen LogP contribution is -2.05. The number of nitrogens with one attached hydrogen (secondary N) is 1. The van der Waals surface area contributed by atoms with Crippen LogP contribution in [0.1, 0.15) is 30.3 Å². The molecular weight excluding hydrogens is 349 g/mol. The molecule has 1 aliphatic rings. The first kappa shape index (κ1) is 16.7. The number of halogens is 3. The number of hydrogen-bond donors (Lipinski definition) is 1. The van der Waals surface area contributed by atoms with E-state index in [9.17, 15) is 23.3 Å². The number of nitrogens with zero attached hydrogens (tertiary/aromatic N) is 3. The highest BCUT2D eigenvalue weighted by molar-refractivity contribution is 7.99. The van der Waals surface area contributed by atoms with Gasteiger partial charge in [-0.15, -0.1) is 5.10 Å². The quantitative estimate of drug-likeness (QED) is 0.659. The first-order valence-corrected chi connectivity index (χ1v) is 7.73. The van der Waals surface area contributed by atoms with E-state index in [-0.39, 0.29) is 16.2 Å². The summed E-state index contributed by atoms with van der Waals surface area (Å²) in [6.45, 7) is 0.623. The fraction of sp³-hybridized carbons (Fsp3) is 0.385. The van der Waals surface area contributed by atoms with Gasteiger partial charge in [-0.1, -0.05) is 0 Å². The largest absolute Gasteiger partial charge is 0.416 e. The van der Waals surface area contributed by atoms with Gasteiger partial charge in [0.2, 0.25) is 5.16 Å². The van der Waals surface area contributed by atoms with Gasteiger partial charge in [0.05, 0.1) is 15.4 Å². The van der Waals surface area contributed by atoms with Crippen LogP contribution in [-0.2, 0) is 10.9 Å². The van der Waals surface area contributed by atoms with Gasteiger partial charge in [0.1, 0.15) is 6.10 Å². The summed E-state index contributed by atoms with van der Waals surface area (Å²) in [7, 11) is 0. The van der Waals surface area contributed by atoms with Crippen molar-refractivity contribution in [2.45, 2.75) is 35.2 Å². The predicted molar refractivity (Wildman–Crippen MR) is 76.5 cm³/mol. The minimum atomic E-state index is -4.65. The lowest BCUT2D eigenvalue weighted by molar-refractivity contribution is -0.388. The molecule has 0 aliphatic carbocycles. The van der Waals surface area contributed by atoms with Crippen molar-refractivity contribution in [1.82, 2.24) is 15.2 Å². The topological polar surface area (TPSA) is 93.9 Å². The van der Waals surface area contributed by atoms with Crippen LogP contribution in [0.4, 0.5) is 18.9 Å². The van der Waals surface area contributed by atoms with Crippen LogP contribution in [0.15, 0.2) is 28.3 Å². The summed E-state index contributed by atoms with van der Waals surface area (Å²) >= 11 is 0.823. The van der Waals surface area contributed by atoms with E-state index in [0.717, 1.165) is 36.7 Å². The number of nitro groups is 1. The highest BCUT2D eigenvalue weighted by Crippen LogP contribution is 2.38. The van der Waals surface area contributed by atoms with Crippen LogP contribution in [0, 0.1) is 10.1 Å². The first-order chi connectivity index (χ1) is 11.3. The van der Waals surface area contributed by atoms with Gasteiger partial charge in [-0.2, -0.15) is 13.2 Å². The lowest BCUT2D eigenvalue weighted by atomic mass is 10.2. The molecule has 1 fully saturated rings.